The van der Waals surface area contributed by atoms with E-state index in [1.807, 2.05) is 36.7 Å². The van der Waals surface area contributed by atoms with E-state index in [0.29, 0.717) is 11.6 Å². The van der Waals surface area contributed by atoms with E-state index in [0.717, 1.165) is 68.9 Å². The van der Waals surface area contributed by atoms with Gasteiger partial charge in [0.2, 0.25) is 0 Å². The van der Waals surface area contributed by atoms with Crippen molar-refractivity contribution in [2.45, 2.75) is 104 Å². The maximum atomic E-state index is 12.8. The Bertz CT molecular complexity index is 939. The third-order valence-electron chi connectivity index (χ3n) is 7.38. The molecule has 1 saturated carbocycles. The Hall–Kier alpha value is -2.74. The average molecular weight is 476 g/mol. The van der Waals surface area contributed by atoms with Gasteiger partial charge in [-0.15, -0.1) is 0 Å². The molecule has 0 atom stereocenters. The zero-order chi connectivity index (χ0) is 24.9. The van der Waals surface area contributed by atoms with Gasteiger partial charge in [0.25, 0.3) is 0 Å². The Morgan fingerprint density at radius 1 is 0.971 bits per heavy atom. The van der Waals surface area contributed by atoms with Crippen LogP contribution in [-0.4, -0.2) is 15.9 Å². The van der Waals surface area contributed by atoms with Crippen molar-refractivity contribution in [3.05, 3.63) is 42.2 Å². The molecule has 2 aromatic rings. The van der Waals surface area contributed by atoms with Gasteiger partial charge in [-0.3, -0.25) is 4.79 Å². The van der Waals surface area contributed by atoms with Crippen molar-refractivity contribution >= 4 is 5.97 Å². The fourth-order valence-corrected chi connectivity index (χ4v) is 4.95. The van der Waals surface area contributed by atoms with Gasteiger partial charge in [0.1, 0.15) is 5.75 Å². The van der Waals surface area contributed by atoms with Crippen molar-refractivity contribution in [3.8, 4) is 23.2 Å². The molecule has 5 heteroatoms. The number of nitrogens with zero attached hydrogens (tertiary/aromatic N) is 3. The lowest BCUT2D eigenvalue weighted by Gasteiger charge is -2.34. The van der Waals surface area contributed by atoms with E-state index in [1.54, 1.807) is 0 Å². The van der Waals surface area contributed by atoms with Gasteiger partial charge in [0.05, 0.1) is 17.4 Å². The number of esters is 1. The molecule has 0 N–H and O–H groups in total. The zero-order valence-electron chi connectivity index (χ0n) is 21.6. The molecule has 1 aliphatic rings. The first-order valence-electron chi connectivity index (χ1n) is 13.6. The first-order valence-corrected chi connectivity index (χ1v) is 13.6. The number of aryl methyl sites for hydroxylation is 1. The second-order valence-corrected chi connectivity index (χ2v) is 10.1. The second kappa shape index (κ2) is 14.0. The number of ether oxygens (including phenoxy) is 1. The number of aromatic nitrogens is 2. The molecular formula is C30H41N3O2. The van der Waals surface area contributed by atoms with Gasteiger partial charge in [0.15, 0.2) is 5.82 Å². The summed E-state index contributed by atoms with van der Waals surface area (Å²) in [5, 5.41) is 9.84. The third-order valence-corrected chi connectivity index (χ3v) is 7.38. The van der Waals surface area contributed by atoms with Crippen molar-refractivity contribution in [1.82, 2.24) is 9.97 Å². The minimum atomic E-state index is -0.255. The van der Waals surface area contributed by atoms with Crippen molar-refractivity contribution in [2.75, 3.05) is 0 Å². The third kappa shape index (κ3) is 8.16. The first-order chi connectivity index (χ1) is 17.1. The Morgan fingerprint density at radius 3 is 2.23 bits per heavy atom. The lowest BCUT2D eigenvalue weighted by atomic mass is 9.69. The molecule has 188 valence electrons. The van der Waals surface area contributed by atoms with Crippen molar-refractivity contribution in [3.63, 3.8) is 0 Å². The minimum Gasteiger partial charge on any atom is -0.426 e. The van der Waals surface area contributed by atoms with Crippen LogP contribution in [-0.2, 0) is 11.2 Å². The summed E-state index contributed by atoms with van der Waals surface area (Å²) in [6.45, 7) is 4.40. The van der Waals surface area contributed by atoms with E-state index < -0.39 is 0 Å². The van der Waals surface area contributed by atoms with Crippen molar-refractivity contribution < 1.29 is 9.53 Å². The highest BCUT2D eigenvalue weighted by molar-refractivity contribution is 5.75. The molecule has 1 aromatic carbocycles. The van der Waals surface area contributed by atoms with Crippen LogP contribution in [0.25, 0.3) is 11.4 Å². The molecule has 0 aliphatic heterocycles. The molecule has 0 unspecified atom stereocenters. The fourth-order valence-electron chi connectivity index (χ4n) is 4.95. The van der Waals surface area contributed by atoms with Gasteiger partial charge in [-0.05, 0) is 74.8 Å². The molecule has 1 aromatic heterocycles. The zero-order valence-corrected chi connectivity index (χ0v) is 21.6. The summed E-state index contributed by atoms with van der Waals surface area (Å²) in [5.74, 6) is 0.913. The summed E-state index contributed by atoms with van der Waals surface area (Å²) in [6.07, 6.45) is 18.5. The lowest BCUT2D eigenvalue weighted by molar-refractivity contribution is -0.140. The largest absolute Gasteiger partial charge is 0.426 e. The minimum absolute atomic E-state index is 0.125. The molecule has 0 bridgehead atoms. The molecule has 1 heterocycles. The van der Waals surface area contributed by atoms with Crippen molar-refractivity contribution in [1.29, 1.82) is 5.26 Å². The molecule has 1 aliphatic carbocycles. The summed E-state index contributed by atoms with van der Waals surface area (Å²) in [5.41, 5.74) is 1.80. The number of nitriles is 1. The number of benzene rings is 1. The number of hydrogen-bond acceptors (Lipinski definition) is 5. The van der Waals surface area contributed by atoms with Gasteiger partial charge in [-0.1, -0.05) is 58.8 Å². The second-order valence-electron chi connectivity index (χ2n) is 10.1. The highest BCUT2D eigenvalue weighted by Gasteiger charge is 2.37. The number of rotatable bonds is 13. The Morgan fingerprint density at radius 2 is 1.60 bits per heavy atom. The van der Waals surface area contributed by atoms with Crippen LogP contribution in [0.4, 0.5) is 0 Å². The summed E-state index contributed by atoms with van der Waals surface area (Å²) in [4.78, 5) is 21.7. The lowest BCUT2D eigenvalue weighted by Crippen LogP contribution is -2.31. The van der Waals surface area contributed by atoms with E-state index >= 15 is 0 Å². The Kier molecular flexibility index (Phi) is 10.7. The van der Waals surface area contributed by atoms with Crippen LogP contribution in [0.3, 0.4) is 0 Å². The monoisotopic (exact) mass is 475 g/mol. The average Bonchev–Trinajstić information content (AvgIpc) is 2.90. The summed E-state index contributed by atoms with van der Waals surface area (Å²) >= 11 is 0. The van der Waals surface area contributed by atoms with E-state index in [2.05, 4.69) is 29.9 Å². The van der Waals surface area contributed by atoms with Crippen molar-refractivity contribution in [2.24, 2.45) is 11.3 Å². The summed E-state index contributed by atoms with van der Waals surface area (Å²) in [6, 6.07) is 10.0. The van der Waals surface area contributed by atoms with Gasteiger partial charge < -0.3 is 4.74 Å². The van der Waals surface area contributed by atoms with Crippen LogP contribution in [0, 0.1) is 22.7 Å². The number of hydrogen-bond donors (Lipinski definition) is 0. The molecule has 5 nitrogen and oxygen atoms in total. The van der Waals surface area contributed by atoms with Crippen LogP contribution in [0.1, 0.15) is 103 Å². The van der Waals surface area contributed by atoms with Gasteiger partial charge in [-0.25, -0.2) is 9.97 Å². The van der Waals surface area contributed by atoms with E-state index in [4.69, 9.17) is 4.74 Å². The molecule has 0 saturated heterocycles. The normalized spacial score (nSPS) is 19.7. The topological polar surface area (TPSA) is 75.9 Å². The molecule has 35 heavy (non-hydrogen) atoms. The fraction of sp³-hybridized carbons (Fsp3) is 0.600. The van der Waals surface area contributed by atoms with Crippen LogP contribution in [0.5, 0.6) is 5.75 Å². The molecule has 3 rings (SSSR count). The molecule has 0 amide bonds. The smallest absolute Gasteiger partial charge is 0.314 e. The predicted octanol–water partition coefficient (Wildman–Crippen LogP) is 7.84. The predicted molar refractivity (Wildman–Crippen MR) is 140 cm³/mol. The van der Waals surface area contributed by atoms with Crippen LogP contribution in [0.15, 0.2) is 36.7 Å². The molecular weight excluding hydrogens is 434 g/mol. The van der Waals surface area contributed by atoms with E-state index in [-0.39, 0.29) is 17.3 Å². The van der Waals surface area contributed by atoms with Crippen LogP contribution < -0.4 is 4.74 Å². The number of carbonyl (C=O) groups is 1. The number of unbranched alkanes of at least 4 members (excludes halogenated alkanes) is 6. The summed E-state index contributed by atoms with van der Waals surface area (Å²) < 4.78 is 5.68. The highest BCUT2D eigenvalue weighted by Crippen LogP contribution is 2.42. The molecule has 0 radical (unpaired) electrons. The number of carbonyl (C=O) groups excluding carboxylic acids is 1. The van der Waals surface area contributed by atoms with Gasteiger partial charge in [-0.2, -0.15) is 5.26 Å². The Balaban J connectivity index is 1.46. The maximum absolute atomic E-state index is 12.8. The van der Waals surface area contributed by atoms with E-state index in [1.165, 1.54) is 32.1 Å². The maximum Gasteiger partial charge on any atom is 0.314 e. The van der Waals surface area contributed by atoms with Gasteiger partial charge in [0, 0.05) is 18.0 Å². The molecule has 0 spiro atoms. The standard InChI is InChI=1S/C30H41N3O2/c1-3-5-7-8-9-10-18-30(23-31)19-16-26(17-20-30)29(34)35-27-14-12-25(13-15-27)28-32-21-24(22-33-28)11-6-4-2/h12-15,21-22,26H,3-11,16-20H2,1-2H3/t26-,30-. The SMILES string of the molecule is CCCCCCCC[C@]1(C#N)CC[C@H](C(=O)Oc2ccc(-c3ncc(CCCC)cn3)cc2)CC1. The van der Waals surface area contributed by atoms with Gasteiger partial charge >= 0.3 is 5.97 Å². The quantitative estimate of drug-likeness (QED) is 0.167. The highest BCUT2D eigenvalue weighted by atomic mass is 16.5. The van der Waals surface area contributed by atoms with E-state index in [9.17, 15) is 10.1 Å². The van der Waals surface area contributed by atoms with Crippen LogP contribution in [0.2, 0.25) is 0 Å². The first kappa shape index (κ1) is 26.9. The summed E-state index contributed by atoms with van der Waals surface area (Å²) in [7, 11) is 0. The Labute approximate surface area is 211 Å². The molecule has 1 fully saturated rings. The van der Waals surface area contributed by atoms with Crippen LogP contribution >= 0.6 is 0 Å².